The van der Waals surface area contributed by atoms with Crippen LogP contribution in [0.5, 0.6) is 0 Å². The largest absolute Gasteiger partial charge is 0.401 e. The first-order chi connectivity index (χ1) is 9.19. The van der Waals surface area contributed by atoms with Gasteiger partial charge in [0.25, 0.3) is 0 Å². The molecule has 0 spiro atoms. The number of hydrogen-bond donors (Lipinski definition) is 1. The molecule has 1 saturated heterocycles. The van der Waals surface area contributed by atoms with E-state index in [0.29, 0.717) is 31.1 Å². The smallest absolute Gasteiger partial charge is 0.313 e. The van der Waals surface area contributed by atoms with Gasteiger partial charge >= 0.3 is 6.18 Å². The first kappa shape index (κ1) is 17.7. The maximum atomic E-state index is 12.4. The van der Waals surface area contributed by atoms with Gasteiger partial charge in [0, 0.05) is 44.8 Å². The normalized spacial score (nSPS) is 20.9. The fourth-order valence-corrected chi connectivity index (χ4v) is 2.65. The molecule has 1 aliphatic heterocycles. The van der Waals surface area contributed by atoms with Crippen LogP contribution in [0.1, 0.15) is 27.7 Å². The Labute approximate surface area is 120 Å². The number of hydrogen-bond acceptors (Lipinski definition) is 3. The van der Waals surface area contributed by atoms with Crippen molar-refractivity contribution in [3.8, 4) is 0 Å². The zero-order valence-electron chi connectivity index (χ0n) is 13.0. The number of halogens is 3. The molecule has 120 valence electrons. The highest BCUT2D eigenvalue weighted by atomic mass is 19.4. The second-order valence-electron chi connectivity index (χ2n) is 6.30. The Kier molecular flexibility index (Phi) is 6.75. The van der Waals surface area contributed by atoms with Gasteiger partial charge in [-0.15, -0.1) is 0 Å². The molecule has 1 unspecified atom stereocenters. The lowest BCUT2D eigenvalue weighted by atomic mass is 10.0. The van der Waals surface area contributed by atoms with E-state index in [1.54, 1.807) is 0 Å². The number of rotatable bonds is 6. The summed E-state index contributed by atoms with van der Waals surface area (Å²) in [6.07, 6.45) is -4.08. The number of nitrogens with zero attached hydrogens (tertiary/aromatic N) is 2. The molecule has 0 radical (unpaired) electrons. The average molecular weight is 295 g/mol. The van der Waals surface area contributed by atoms with Gasteiger partial charge in [-0.25, -0.2) is 0 Å². The number of nitrogens with one attached hydrogen (secondary N) is 1. The highest BCUT2D eigenvalue weighted by molar-refractivity contribution is 4.83. The monoisotopic (exact) mass is 295 g/mol. The van der Waals surface area contributed by atoms with Crippen molar-refractivity contribution in [2.45, 2.75) is 46.0 Å². The van der Waals surface area contributed by atoms with Crippen molar-refractivity contribution in [2.75, 3.05) is 39.3 Å². The molecular weight excluding hydrogens is 267 g/mol. The molecule has 20 heavy (non-hydrogen) atoms. The minimum absolute atomic E-state index is 0.394. The van der Waals surface area contributed by atoms with Crippen molar-refractivity contribution in [2.24, 2.45) is 5.92 Å². The lowest BCUT2D eigenvalue weighted by molar-refractivity contribution is -0.150. The first-order valence-corrected chi connectivity index (χ1v) is 7.45. The van der Waals surface area contributed by atoms with Crippen LogP contribution >= 0.6 is 0 Å². The van der Waals surface area contributed by atoms with Gasteiger partial charge in [0.2, 0.25) is 0 Å². The molecular formula is C14H28F3N3. The van der Waals surface area contributed by atoms with E-state index >= 15 is 0 Å². The summed E-state index contributed by atoms with van der Waals surface area (Å²) in [6, 6.07) is 0.827. The van der Waals surface area contributed by atoms with Crippen LogP contribution < -0.4 is 5.32 Å². The predicted octanol–water partition coefficient (Wildman–Crippen LogP) is 2.19. The molecule has 1 N–H and O–H groups in total. The summed E-state index contributed by atoms with van der Waals surface area (Å²) in [7, 11) is 0. The molecule has 0 saturated carbocycles. The molecule has 1 heterocycles. The minimum atomic E-state index is -4.08. The van der Waals surface area contributed by atoms with Gasteiger partial charge < -0.3 is 5.32 Å². The summed E-state index contributed by atoms with van der Waals surface area (Å²) >= 11 is 0. The molecule has 6 heteroatoms. The standard InChI is InChI=1S/C14H28F3N3/c1-11(2)13(9-18-12(3)4)20-7-5-19(6-8-20)10-14(15,16)17/h11-13,18H,5-10H2,1-4H3. The zero-order valence-corrected chi connectivity index (χ0v) is 13.0. The summed E-state index contributed by atoms with van der Waals surface area (Å²) in [6.45, 7) is 11.1. The molecule has 0 aliphatic carbocycles. The Morgan fingerprint density at radius 2 is 1.55 bits per heavy atom. The summed E-state index contributed by atoms with van der Waals surface area (Å²) in [5.41, 5.74) is 0. The fourth-order valence-electron chi connectivity index (χ4n) is 2.65. The third kappa shape index (κ3) is 6.41. The summed E-state index contributed by atoms with van der Waals surface area (Å²) in [5.74, 6) is 0.496. The van der Waals surface area contributed by atoms with E-state index in [1.165, 1.54) is 4.90 Å². The van der Waals surface area contributed by atoms with Crippen LogP contribution in [-0.2, 0) is 0 Å². The van der Waals surface area contributed by atoms with Crippen molar-refractivity contribution in [3.05, 3.63) is 0 Å². The quantitative estimate of drug-likeness (QED) is 0.810. The molecule has 0 aromatic carbocycles. The molecule has 0 aromatic heterocycles. The van der Waals surface area contributed by atoms with E-state index in [-0.39, 0.29) is 0 Å². The lowest BCUT2D eigenvalue weighted by Crippen LogP contribution is -2.56. The topological polar surface area (TPSA) is 18.5 Å². The van der Waals surface area contributed by atoms with Crippen molar-refractivity contribution in [3.63, 3.8) is 0 Å². The van der Waals surface area contributed by atoms with Crippen molar-refractivity contribution < 1.29 is 13.2 Å². The van der Waals surface area contributed by atoms with Crippen LogP contribution in [0.4, 0.5) is 13.2 Å². The van der Waals surface area contributed by atoms with Crippen LogP contribution in [0.15, 0.2) is 0 Å². The molecule has 1 rings (SSSR count). The Morgan fingerprint density at radius 1 is 1.00 bits per heavy atom. The molecule has 1 fully saturated rings. The SMILES string of the molecule is CC(C)NCC(C(C)C)N1CCN(CC(F)(F)F)CC1. The van der Waals surface area contributed by atoms with E-state index < -0.39 is 12.7 Å². The molecule has 0 amide bonds. The summed E-state index contributed by atoms with van der Waals surface area (Å²) in [5, 5.41) is 3.44. The van der Waals surface area contributed by atoms with Gasteiger partial charge in [0.15, 0.2) is 0 Å². The van der Waals surface area contributed by atoms with Crippen molar-refractivity contribution in [1.29, 1.82) is 0 Å². The molecule has 0 bridgehead atoms. The Balaban J connectivity index is 2.44. The maximum Gasteiger partial charge on any atom is 0.401 e. The molecule has 1 atom stereocenters. The first-order valence-electron chi connectivity index (χ1n) is 7.45. The van der Waals surface area contributed by atoms with E-state index in [1.807, 2.05) is 0 Å². The molecule has 0 aromatic rings. The Morgan fingerprint density at radius 3 is 1.95 bits per heavy atom. The molecule has 1 aliphatic rings. The van der Waals surface area contributed by atoms with E-state index in [4.69, 9.17) is 0 Å². The highest BCUT2D eigenvalue weighted by Crippen LogP contribution is 2.19. The van der Waals surface area contributed by atoms with Gasteiger partial charge in [0.05, 0.1) is 6.54 Å². The second-order valence-corrected chi connectivity index (χ2v) is 6.30. The van der Waals surface area contributed by atoms with Crippen LogP contribution in [-0.4, -0.2) is 67.3 Å². The lowest BCUT2D eigenvalue weighted by Gasteiger charge is -2.41. The summed E-state index contributed by atoms with van der Waals surface area (Å²) in [4.78, 5) is 3.83. The zero-order chi connectivity index (χ0) is 15.3. The second kappa shape index (κ2) is 7.61. The van der Waals surface area contributed by atoms with Gasteiger partial charge in [-0.3, -0.25) is 9.80 Å². The van der Waals surface area contributed by atoms with Gasteiger partial charge in [0.1, 0.15) is 0 Å². The molecule has 3 nitrogen and oxygen atoms in total. The predicted molar refractivity (Wildman–Crippen MR) is 75.8 cm³/mol. The maximum absolute atomic E-state index is 12.4. The summed E-state index contributed by atoms with van der Waals surface area (Å²) < 4.78 is 37.1. The van der Waals surface area contributed by atoms with Gasteiger partial charge in [-0.05, 0) is 5.92 Å². The average Bonchev–Trinajstić information content (AvgIpc) is 2.28. The van der Waals surface area contributed by atoms with Crippen molar-refractivity contribution >= 4 is 0 Å². The van der Waals surface area contributed by atoms with Gasteiger partial charge in [-0.1, -0.05) is 27.7 Å². The fraction of sp³-hybridized carbons (Fsp3) is 1.00. The number of alkyl halides is 3. The number of piperazine rings is 1. The third-order valence-corrected chi connectivity index (χ3v) is 3.78. The van der Waals surface area contributed by atoms with E-state index in [9.17, 15) is 13.2 Å². The van der Waals surface area contributed by atoms with Crippen molar-refractivity contribution in [1.82, 2.24) is 15.1 Å². The Hall–Kier alpha value is -0.330. The van der Waals surface area contributed by atoms with E-state index in [2.05, 4.69) is 37.9 Å². The van der Waals surface area contributed by atoms with Crippen LogP contribution in [0.2, 0.25) is 0 Å². The van der Waals surface area contributed by atoms with Gasteiger partial charge in [-0.2, -0.15) is 13.2 Å². The van der Waals surface area contributed by atoms with Crippen LogP contribution in [0, 0.1) is 5.92 Å². The van der Waals surface area contributed by atoms with Crippen LogP contribution in [0.3, 0.4) is 0 Å². The third-order valence-electron chi connectivity index (χ3n) is 3.78. The van der Waals surface area contributed by atoms with E-state index in [0.717, 1.165) is 19.6 Å². The van der Waals surface area contributed by atoms with Crippen LogP contribution in [0.25, 0.3) is 0 Å². The highest BCUT2D eigenvalue weighted by Gasteiger charge is 2.33. The Bertz CT molecular complexity index is 271. The minimum Gasteiger partial charge on any atom is -0.313 e.